The number of aryl methyl sites for hydroxylation is 1. The van der Waals surface area contributed by atoms with Crippen LogP contribution in [0.5, 0.6) is 0 Å². The van der Waals surface area contributed by atoms with Crippen molar-refractivity contribution in [2.24, 2.45) is 0 Å². The Morgan fingerprint density at radius 1 is 1.00 bits per heavy atom. The third-order valence-corrected chi connectivity index (χ3v) is 7.11. The first-order valence-electron chi connectivity index (χ1n) is 12.3. The summed E-state index contributed by atoms with van der Waals surface area (Å²) in [7, 11) is 0. The lowest BCUT2D eigenvalue weighted by atomic mass is 9.96. The van der Waals surface area contributed by atoms with E-state index in [1.165, 1.54) is 6.07 Å². The Kier molecular flexibility index (Phi) is 7.00. The van der Waals surface area contributed by atoms with Crippen LogP contribution in [0.25, 0.3) is 5.69 Å². The highest BCUT2D eigenvalue weighted by Gasteiger charge is 2.41. The van der Waals surface area contributed by atoms with E-state index in [-0.39, 0.29) is 17.9 Å². The van der Waals surface area contributed by atoms with Crippen LogP contribution in [-0.2, 0) is 0 Å². The third kappa shape index (κ3) is 4.71. The molecule has 2 unspecified atom stereocenters. The summed E-state index contributed by atoms with van der Waals surface area (Å²) in [5, 5.41) is 7.72. The SMILES string of the molecule is Cc1cc(C2C(c3ccccn3)NC(=S)N2CCCNc2ccccc2)c(C)n1-c1ccccc1F. The van der Waals surface area contributed by atoms with Gasteiger partial charge in [-0.1, -0.05) is 36.4 Å². The minimum absolute atomic E-state index is 0.0594. The molecule has 36 heavy (non-hydrogen) atoms. The number of benzene rings is 2. The van der Waals surface area contributed by atoms with Crippen molar-refractivity contribution in [1.29, 1.82) is 0 Å². The van der Waals surface area contributed by atoms with E-state index >= 15 is 0 Å². The number of thiocarbonyl (C=S) groups is 1. The molecule has 5 rings (SSSR count). The van der Waals surface area contributed by atoms with Crippen LogP contribution in [0.1, 0.15) is 41.1 Å². The molecule has 3 heterocycles. The van der Waals surface area contributed by atoms with E-state index in [1.54, 1.807) is 6.07 Å². The predicted molar refractivity (Wildman–Crippen MR) is 147 cm³/mol. The number of halogens is 1. The number of hydrogen-bond acceptors (Lipinski definition) is 3. The smallest absolute Gasteiger partial charge is 0.170 e. The van der Waals surface area contributed by atoms with Crippen molar-refractivity contribution in [1.82, 2.24) is 19.8 Å². The zero-order chi connectivity index (χ0) is 25.1. The van der Waals surface area contributed by atoms with Crippen molar-refractivity contribution in [3.05, 3.63) is 114 Å². The molecule has 4 aromatic rings. The number of nitrogens with zero attached hydrogens (tertiary/aromatic N) is 3. The molecule has 0 spiro atoms. The topological polar surface area (TPSA) is 45.1 Å². The number of rotatable bonds is 8. The first kappa shape index (κ1) is 24.0. The first-order valence-corrected chi connectivity index (χ1v) is 12.7. The molecular formula is C29H30FN5S. The Morgan fingerprint density at radius 2 is 1.75 bits per heavy atom. The number of anilines is 1. The first-order chi connectivity index (χ1) is 17.5. The van der Waals surface area contributed by atoms with E-state index < -0.39 is 0 Å². The van der Waals surface area contributed by atoms with Crippen molar-refractivity contribution >= 4 is 23.0 Å². The largest absolute Gasteiger partial charge is 0.385 e. The molecule has 1 fully saturated rings. The van der Waals surface area contributed by atoms with Crippen LogP contribution in [0.4, 0.5) is 10.1 Å². The van der Waals surface area contributed by atoms with E-state index in [2.05, 4.69) is 45.6 Å². The number of para-hydroxylation sites is 2. The van der Waals surface area contributed by atoms with Crippen LogP contribution in [0, 0.1) is 19.7 Å². The lowest BCUT2D eigenvalue weighted by Crippen LogP contribution is -2.31. The van der Waals surface area contributed by atoms with E-state index in [9.17, 15) is 4.39 Å². The summed E-state index contributed by atoms with van der Waals surface area (Å²) in [5.41, 5.74) is 5.70. The van der Waals surface area contributed by atoms with Gasteiger partial charge in [-0.15, -0.1) is 0 Å². The van der Waals surface area contributed by atoms with Crippen LogP contribution in [0.2, 0.25) is 0 Å². The molecule has 0 radical (unpaired) electrons. The Hall–Kier alpha value is -3.71. The van der Waals surface area contributed by atoms with Gasteiger partial charge in [0.25, 0.3) is 0 Å². The Morgan fingerprint density at radius 3 is 2.50 bits per heavy atom. The standard InChI is InChI=1S/C29H30FN5S/c1-20-19-23(21(2)35(20)26-15-7-6-13-24(26)30)28-27(25-14-8-9-16-32-25)33-29(36)34(28)18-10-17-31-22-11-4-3-5-12-22/h3-9,11-16,19,27-28,31H,10,17-18H2,1-2H3,(H,33,36). The molecule has 1 aliphatic rings. The van der Waals surface area contributed by atoms with Gasteiger partial charge < -0.3 is 20.1 Å². The fourth-order valence-corrected chi connectivity index (χ4v) is 5.45. The Labute approximate surface area is 217 Å². The molecule has 7 heteroatoms. The zero-order valence-corrected chi connectivity index (χ0v) is 21.3. The van der Waals surface area contributed by atoms with Crippen LogP contribution < -0.4 is 10.6 Å². The van der Waals surface area contributed by atoms with Crippen molar-refractivity contribution in [2.45, 2.75) is 32.4 Å². The normalized spacial score (nSPS) is 17.3. The third-order valence-electron chi connectivity index (χ3n) is 6.76. The van der Waals surface area contributed by atoms with E-state index in [4.69, 9.17) is 12.2 Å². The molecule has 1 saturated heterocycles. The molecule has 0 bridgehead atoms. The van der Waals surface area contributed by atoms with Gasteiger partial charge in [0.15, 0.2) is 5.11 Å². The molecule has 2 aromatic heterocycles. The van der Waals surface area contributed by atoms with E-state index in [0.717, 1.165) is 47.8 Å². The fourth-order valence-electron chi connectivity index (χ4n) is 5.11. The minimum atomic E-state index is -0.240. The summed E-state index contributed by atoms with van der Waals surface area (Å²) in [6, 6.07) is 25.1. The molecule has 0 amide bonds. The molecule has 2 aromatic carbocycles. The average Bonchev–Trinajstić information content (AvgIpc) is 3.38. The summed E-state index contributed by atoms with van der Waals surface area (Å²) in [4.78, 5) is 6.90. The highest BCUT2D eigenvalue weighted by Crippen LogP contribution is 2.41. The van der Waals surface area contributed by atoms with Gasteiger partial charge in [0.2, 0.25) is 0 Å². The number of pyridine rings is 1. The van der Waals surface area contributed by atoms with Gasteiger partial charge >= 0.3 is 0 Å². The van der Waals surface area contributed by atoms with Gasteiger partial charge in [-0.3, -0.25) is 4.98 Å². The maximum Gasteiger partial charge on any atom is 0.170 e. The predicted octanol–water partition coefficient (Wildman–Crippen LogP) is 6.10. The Bertz CT molecular complexity index is 1340. The molecule has 1 aliphatic heterocycles. The van der Waals surface area contributed by atoms with Gasteiger partial charge in [0.05, 0.1) is 23.5 Å². The molecule has 184 valence electrons. The van der Waals surface area contributed by atoms with Crippen molar-refractivity contribution < 1.29 is 4.39 Å². The second kappa shape index (κ2) is 10.5. The molecule has 0 aliphatic carbocycles. The van der Waals surface area contributed by atoms with Crippen LogP contribution >= 0.6 is 12.2 Å². The second-order valence-corrected chi connectivity index (χ2v) is 9.47. The summed E-state index contributed by atoms with van der Waals surface area (Å²) < 4.78 is 16.8. The Balaban J connectivity index is 1.46. The van der Waals surface area contributed by atoms with Gasteiger partial charge in [0, 0.05) is 36.4 Å². The van der Waals surface area contributed by atoms with Crippen LogP contribution in [0.3, 0.4) is 0 Å². The van der Waals surface area contributed by atoms with Crippen LogP contribution in [-0.4, -0.2) is 32.7 Å². The molecule has 2 N–H and O–H groups in total. The summed E-state index contributed by atoms with van der Waals surface area (Å²) in [6.07, 6.45) is 2.72. The van der Waals surface area contributed by atoms with Gasteiger partial charge in [-0.2, -0.15) is 0 Å². The summed E-state index contributed by atoms with van der Waals surface area (Å²) in [5.74, 6) is -0.240. The lowest BCUT2D eigenvalue weighted by molar-refractivity contribution is 0.315. The summed E-state index contributed by atoms with van der Waals surface area (Å²) >= 11 is 5.83. The molecular weight excluding hydrogens is 469 g/mol. The van der Waals surface area contributed by atoms with Crippen LogP contribution in [0.15, 0.2) is 85.1 Å². The van der Waals surface area contributed by atoms with Crippen molar-refractivity contribution in [3.8, 4) is 5.69 Å². The van der Waals surface area contributed by atoms with E-state index in [0.29, 0.717) is 10.8 Å². The van der Waals surface area contributed by atoms with Gasteiger partial charge in [0.1, 0.15) is 5.82 Å². The van der Waals surface area contributed by atoms with Gasteiger partial charge in [-0.25, -0.2) is 4.39 Å². The highest BCUT2D eigenvalue weighted by atomic mass is 32.1. The lowest BCUT2D eigenvalue weighted by Gasteiger charge is -2.28. The summed E-state index contributed by atoms with van der Waals surface area (Å²) in [6.45, 7) is 5.69. The monoisotopic (exact) mass is 499 g/mol. The average molecular weight is 500 g/mol. The molecule has 2 atom stereocenters. The minimum Gasteiger partial charge on any atom is -0.385 e. The highest BCUT2D eigenvalue weighted by molar-refractivity contribution is 7.80. The maximum atomic E-state index is 14.8. The van der Waals surface area contributed by atoms with Crippen molar-refractivity contribution in [3.63, 3.8) is 0 Å². The van der Waals surface area contributed by atoms with Crippen molar-refractivity contribution in [2.75, 3.05) is 18.4 Å². The second-order valence-electron chi connectivity index (χ2n) is 9.08. The fraction of sp³-hybridized carbons (Fsp3) is 0.241. The maximum absolute atomic E-state index is 14.8. The number of nitrogens with one attached hydrogen (secondary N) is 2. The molecule has 5 nitrogen and oxygen atoms in total. The number of aromatic nitrogens is 2. The van der Waals surface area contributed by atoms with E-state index in [1.807, 2.05) is 66.2 Å². The quantitative estimate of drug-likeness (QED) is 0.226. The van der Waals surface area contributed by atoms with Gasteiger partial charge in [-0.05, 0) is 80.5 Å². The number of hydrogen-bond donors (Lipinski definition) is 2. The molecule has 0 saturated carbocycles. The zero-order valence-electron chi connectivity index (χ0n) is 20.5.